The van der Waals surface area contributed by atoms with Gasteiger partial charge in [-0.2, -0.15) is 0 Å². The first-order chi connectivity index (χ1) is 7.25. The van der Waals surface area contributed by atoms with Crippen molar-refractivity contribution >= 4 is 5.96 Å². The standard InChI is InChI=1S/C11H21N3O/c1-8-7-15-4-3-10(8)6-13-11-12-5-9(2)14-11/h8-10H,3-7H2,1-2H3,(H2,12,13,14). The first kappa shape index (κ1) is 10.7. The monoisotopic (exact) mass is 211 g/mol. The van der Waals surface area contributed by atoms with Gasteiger partial charge < -0.3 is 15.4 Å². The molecule has 2 N–H and O–H groups in total. The van der Waals surface area contributed by atoms with E-state index in [1.54, 1.807) is 0 Å². The summed E-state index contributed by atoms with van der Waals surface area (Å²) in [6, 6.07) is 0.486. The van der Waals surface area contributed by atoms with E-state index in [1.807, 2.05) is 0 Å². The Balaban J connectivity index is 1.73. The molecular weight excluding hydrogens is 190 g/mol. The van der Waals surface area contributed by atoms with Gasteiger partial charge in [-0.3, -0.25) is 4.99 Å². The fraction of sp³-hybridized carbons (Fsp3) is 0.909. The quantitative estimate of drug-likeness (QED) is 0.703. The van der Waals surface area contributed by atoms with Gasteiger partial charge in [-0.1, -0.05) is 6.92 Å². The van der Waals surface area contributed by atoms with Crippen LogP contribution in [0.15, 0.2) is 4.99 Å². The third kappa shape index (κ3) is 2.84. The summed E-state index contributed by atoms with van der Waals surface area (Å²) in [5.41, 5.74) is 0. The number of nitrogens with zero attached hydrogens (tertiary/aromatic N) is 1. The van der Waals surface area contributed by atoms with E-state index in [2.05, 4.69) is 29.5 Å². The molecule has 3 atom stereocenters. The minimum Gasteiger partial charge on any atom is -0.381 e. The maximum atomic E-state index is 5.43. The topological polar surface area (TPSA) is 45.7 Å². The summed E-state index contributed by atoms with van der Waals surface area (Å²) in [5.74, 6) is 2.35. The zero-order valence-corrected chi connectivity index (χ0v) is 9.62. The molecule has 0 aromatic carbocycles. The van der Waals surface area contributed by atoms with Gasteiger partial charge in [0, 0.05) is 25.8 Å². The number of aliphatic imine (C=N–C) groups is 1. The fourth-order valence-corrected chi connectivity index (χ4v) is 2.12. The lowest BCUT2D eigenvalue weighted by atomic mass is 9.90. The molecule has 0 radical (unpaired) electrons. The minimum atomic E-state index is 0.486. The highest BCUT2D eigenvalue weighted by Crippen LogP contribution is 2.20. The number of hydrogen-bond acceptors (Lipinski definition) is 4. The maximum absolute atomic E-state index is 5.43. The maximum Gasteiger partial charge on any atom is 0.191 e. The van der Waals surface area contributed by atoms with Crippen molar-refractivity contribution in [1.82, 2.24) is 10.6 Å². The van der Waals surface area contributed by atoms with Crippen LogP contribution in [0.4, 0.5) is 0 Å². The third-order valence-corrected chi connectivity index (χ3v) is 3.26. The third-order valence-electron chi connectivity index (χ3n) is 3.26. The first-order valence-electron chi connectivity index (χ1n) is 5.88. The van der Waals surface area contributed by atoms with Crippen LogP contribution < -0.4 is 10.6 Å². The van der Waals surface area contributed by atoms with Crippen LogP contribution in [0.25, 0.3) is 0 Å². The van der Waals surface area contributed by atoms with Crippen molar-refractivity contribution < 1.29 is 4.74 Å². The Labute approximate surface area is 91.5 Å². The highest BCUT2D eigenvalue weighted by atomic mass is 16.5. The predicted molar refractivity (Wildman–Crippen MR) is 61.0 cm³/mol. The average molecular weight is 211 g/mol. The Bertz CT molecular complexity index is 242. The Kier molecular flexibility index (Phi) is 3.46. The Morgan fingerprint density at radius 3 is 3.07 bits per heavy atom. The second kappa shape index (κ2) is 4.84. The second-order valence-electron chi connectivity index (χ2n) is 4.72. The van der Waals surface area contributed by atoms with Gasteiger partial charge in [-0.05, 0) is 25.2 Å². The summed E-state index contributed by atoms with van der Waals surface area (Å²) < 4.78 is 5.43. The molecule has 0 aromatic rings. The summed E-state index contributed by atoms with van der Waals surface area (Å²) >= 11 is 0. The van der Waals surface area contributed by atoms with E-state index >= 15 is 0 Å². The van der Waals surface area contributed by atoms with Gasteiger partial charge in [0.05, 0.1) is 6.54 Å². The molecule has 4 nitrogen and oxygen atoms in total. The van der Waals surface area contributed by atoms with Crippen LogP contribution in [0, 0.1) is 11.8 Å². The Hall–Kier alpha value is -0.770. The summed E-state index contributed by atoms with van der Waals surface area (Å²) in [4.78, 5) is 4.39. The molecular formula is C11H21N3O. The van der Waals surface area contributed by atoms with E-state index in [0.29, 0.717) is 12.0 Å². The molecule has 15 heavy (non-hydrogen) atoms. The first-order valence-corrected chi connectivity index (χ1v) is 5.88. The van der Waals surface area contributed by atoms with Gasteiger partial charge in [0.1, 0.15) is 0 Å². The molecule has 1 fully saturated rings. The normalized spacial score (nSPS) is 35.9. The molecule has 1 saturated heterocycles. The molecule has 2 aliphatic rings. The number of guanidine groups is 1. The van der Waals surface area contributed by atoms with Crippen LogP contribution in [-0.2, 0) is 4.74 Å². The van der Waals surface area contributed by atoms with E-state index in [0.717, 1.165) is 44.6 Å². The highest BCUT2D eigenvalue weighted by molar-refractivity contribution is 5.81. The SMILES string of the molecule is CC1CN=C(NCC2CCOCC2C)N1. The molecule has 3 unspecified atom stereocenters. The van der Waals surface area contributed by atoms with Crippen molar-refractivity contribution in [3.8, 4) is 0 Å². The summed E-state index contributed by atoms with van der Waals surface area (Å²) in [6.07, 6.45) is 1.16. The van der Waals surface area contributed by atoms with Gasteiger partial charge >= 0.3 is 0 Å². The van der Waals surface area contributed by atoms with Crippen LogP contribution in [-0.4, -0.2) is 38.3 Å². The van der Waals surface area contributed by atoms with E-state index in [-0.39, 0.29) is 0 Å². The van der Waals surface area contributed by atoms with Crippen molar-refractivity contribution in [3.63, 3.8) is 0 Å². The highest BCUT2D eigenvalue weighted by Gasteiger charge is 2.22. The molecule has 0 aliphatic carbocycles. The molecule has 4 heteroatoms. The van der Waals surface area contributed by atoms with Crippen LogP contribution in [0.2, 0.25) is 0 Å². The van der Waals surface area contributed by atoms with Gasteiger partial charge in [-0.15, -0.1) is 0 Å². The van der Waals surface area contributed by atoms with E-state index in [4.69, 9.17) is 4.74 Å². The van der Waals surface area contributed by atoms with Gasteiger partial charge in [0.25, 0.3) is 0 Å². The number of ether oxygens (including phenoxy) is 1. The molecule has 86 valence electrons. The van der Waals surface area contributed by atoms with Crippen molar-refractivity contribution in [1.29, 1.82) is 0 Å². The molecule has 0 aromatic heterocycles. The van der Waals surface area contributed by atoms with Crippen LogP contribution in [0.5, 0.6) is 0 Å². The predicted octanol–water partition coefficient (Wildman–Crippen LogP) is 0.596. The Morgan fingerprint density at radius 2 is 2.40 bits per heavy atom. The lowest BCUT2D eigenvalue weighted by Gasteiger charge is -2.29. The molecule has 0 amide bonds. The van der Waals surface area contributed by atoms with Crippen LogP contribution in [0.3, 0.4) is 0 Å². The zero-order chi connectivity index (χ0) is 10.7. The van der Waals surface area contributed by atoms with Crippen molar-refractivity contribution in [2.45, 2.75) is 26.3 Å². The van der Waals surface area contributed by atoms with Gasteiger partial charge in [-0.25, -0.2) is 0 Å². The molecule has 0 bridgehead atoms. The minimum absolute atomic E-state index is 0.486. The van der Waals surface area contributed by atoms with Gasteiger partial charge in [0.2, 0.25) is 0 Å². The van der Waals surface area contributed by atoms with Crippen molar-refractivity contribution in [2.24, 2.45) is 16.8 Å². The average Bonchev–Trinajstić information content (AvgIpc) is 2.63. The number of nitrogens with one attached hydrogen (secondary N) is 2. The lowest BCUT2D eigenvalue weighted by molar-refractivity contribution is 0.0258. The summed E-state index contributed by atoms with van der Waals surface area (Å²) in [5, 5.41) is 6.71. The molecule has 2 rings (SSSR count). The van der Waals surface area contributed by atoms with Gasteiger partial charge in [0.15, 0.2) is 5.96 Å². The van der Waals surface area contributed by atoms with E-state index in [1.165, 1.54) is 0 Å². The molecule has 0 spiro atoms. The van der Waals surface area contributed by atoms with Crippen molar-refractivity contribution in [2.75, 3.05) is 26.3 Å². The molecule has 2 aliphatic heterocycles. The van der Waals surface area contributed by atoms with Crippen LogP contribution in [0.1, 0.15) is 20.3 Å². The zero-order valence-electron chi connectivity index (χ0n) is 9.62. The molecule has 2 heterocycles. The van der Waals surface area contributed by atoms with Crippen molar-refractivity contribution in [3.05, 3.63) is 0 Å². The Morgan fingerprint density at radius 1 is 1.53 bits per heavy atom. The summed E-state index contributed by atoms with van der Waals surface area (Å²) in [7, 11) is 0. The fourth-order valence-electron chi connectivity index (χ4n) is 2.12. The second-order valence-corrected chi connectivity index (χ2v) is 4.72. The molecule has 0 saturated carbocycles. The largest absolute Gasteiger partial charge is 0.381 e. The van der Waals surface area contributed by atoms with E-state index in [9.17, 15) is 0 Å². The van der Waals surface area contributed by atoms with Crippen LogP contribution >= 0.6 is 0 Å². The number of rotatable bonds is 2. The van der Waals surface area contributed by atoms with E-state index < -0.39 is 0 Å². The number of hydrogen-bond donors (Lipinski definition) is 2. The smallest absolute Gasteiger partial charge is 0.191 e. The lowest BCUT2D eigenvalue weighted by Crippen LogP contribution is -2.42. The summed E-state index contributed by atoms with van der Waals surface area (Å²) in [6.45, 7) is 8.14.